The van der Waals surface area contributed by atoms with Crippen molar-refractivity contribution in [2.24, 2.45) is 0 Å². The van der Waals surface area contributed by atoms with Crippen LogP contribution in [0.15, 0.2) is 84.9 Å². The second-order valence-corrected chi connectivity index (χ2v) is 9.95. The molecule has 0 unspecified atom stereocenters. The molecule has 192 valence electrons. The van der Waals surface area contributed by atoms with Crippen LogP contribution in [0.5, 0.6) is 0 Å². The van der Waals surface area contributed by atoms with Crippen LogP contribution in [0.1, 0.15) is 41.0 Å². The van der Waals surface area contributed by atoms with Crippen LogP contribution in [0.25, 0.3) is 0 Å². The Hall–Kier alpha value is -3.48. The van der Waals surface area contributed by atoms with Gasteiger partial charge in [-0.05, 0) is 42.1 Å². The van der Waals surface area contributed by atoms with E-state index < -0.39 is 12.0 Å². The smallest absolute Gasteiger partial charge is 0.325 e. The second-order valence-electron chi connectivity index (χ2n) is 9.95. The lowest BCUT2D eigenvalue weighted by Crippen LogP contribution is -2.63. The summed E-state index contributed by atoms with van der Waals surface area (Å²) in [6.45, 7) is 1.75. The lowest BCUT2D eigenvalue weighted by atomic mass is 9.89. The van der Waals surface area contributed by atoms with Crippen LogP contribution in [-0.4, -0.2) is 55.1 Å². The molecule has 0 aliphatic carbocycles. The van der Waals surface area contributed by atoms with E-state index in [2.05, 4.69) is 34.9 Å². The average Bonchev–Trinajstić information content (AvgIpc) is 3.23. The molecule has 3 aromatic carbocycles. The summed E-state index contributed by atoms with van der Waals surface area (Å²) in [5.41, 5.74) is 4.29. The number of nitrogens with zero attached hydrogens (tertiary/aromatic N) is 1. The van der Waals surface area contributed by atoms with Gasteiger partial charge in [0, 0.05) is 25.6 Å². The van der Waals surface area contributed by atoms with E-state index in [0.717, 1.165) is 36.1 Å². The molecule has 3 aromatic rings. The van der Waals surface area contributed by atoms with Crippen molar-refractivity contribution in [1.29, 1.82) is 0 Å². The minimum absolute atomic E-state index is 0.0610. The molecule has 0 aromatic heterocycles. The summed E-state index contributed by atoms with van der Waals surface area (Å²) in [4.78, 5) is 29.3. The van der Waals surface area contributed by atoms with Crippen molar-refractivity contribution in [2.75, 3.05) is 20.2 Å². The topological polar surface area (TPSA) is 70.7 Å². The Bertz CT molecular complexity index is 1140. The summed E-state index contributed by atoms with van der Waals surface area (Å²) in [5, 5.41) is 6.52. The molecule has 37 heavy (non-hydrogen) atoms. The highest BCUT2D eigenvalue weighted by Crippen LogP contribution is 2.36. The van der Waals surface area contributed by atoms with Crippen molar-refractivity contribution in [3.05, 3.63) is 107 Å². The van der Waals surface area contributed by atoms with Gasteiger partial charge in [0.15, 0.2) is 0 Å². The summed E-state index contributed by atoms with van der Waals surface area (Å²) in [7, 11) is 1.93. The zero-order valence-electron chi connectivity index (χ0n) is 21.3. The normalized spacial score (nSPS) is 20.7. The molecule has 0 radical (unpaired) electrons. The van der Waals surface area contributed by atoms with Crippen LogP contribution >= 0.6 is 0 Å². The number of fused-ring (bicyclic) bond motifs is 2. The fourth-order valence-corrected chi connectivity index (χ4v) is 5.73. The van der Waals surface area contributed by atoms with Gasteiger partial charge in [-0.25, -0.2) is 0 Å². The van der Waals surface area contributed by atoms with Crippen LogP contribution in [0.2, 0.25) is 0 Å². The first-order chi connectivity index (χ1) is 18.2. The number of ether oxygens (including phenoxy) is 1. The average molecular weight is 498 g/mol. The third kappa shape index (κ3) is 5.60. The number of esters is 1. The van der Waals surface area contributed by atoms with Gasteiger partial charge in [0.25, 0.3) is 0 Å². The van der Waals surface area contributed by atoms with Gasteiger partial charge < -0.3 is 20.3 Å². The highest BCUT2D eigenvalue weighted by Gasteiger charge is 2.49. The van der Waals surface area contributed by atoms with Crippen molar-refractivity contribution in [3.63, 3.8) is 0 Å². The Morgan fingerprint density at radius 2 is 1.54 bits per heavy atom. The highest BCUT2D eigenvalue weighted by atomic mass is 16.5. The molecule has 3 atom stereocenters. The highest BCUT2D eigenvalue weighted by molar-refractivity contribution is 5.89. The van der Waals surface area contributed by atoms with Crippen molar-refractivity contribution in [1.82, 2.24) is 15.5 Å². The van der Waals surface area contributed by atoms with E-state index in [1.165, 1.54) is 5.56 Å². The fraction of sp³-hybridized carbons (Fsp3) is 0.355. The Morgan fingerprint density at radius 3 is 2.16 bits per heavy atom. The molecular formula is C31H35N3O3. The Balaban J connectivity index is 1.27. The fourth-order valence-electron chi connectivity index (χ4n) is 5.73. The third-order valence-electron chi connectivity index (χ3n) is 7.56. The Morgan fingerprint density at radius 1 is 0.919 bits per heavy atom. The number of carbonyl (C=O) groups excluding carboxylic acids is 2. The van der Waals surface area contributed by atoms with Crippen LogP contribution in [0.3, 0.4) is 0 Å². The standard InChI is InChI=1S/C31H35N3O3/c1-32-20-23-14-12-22(13-15-23)18-19-37-31(36)29-27-17-16-26(21-33-29)34(27)30(35)28(24-8-4-2-5-9-24)25-10-6-3-7-11-25/h2-15,26-29,32-33H,16-21H2,1H3/t26-,27+,29+/m0/s1. The molecule has 2 N–H and O–H groups in total. The Labute approximate surface area is 219 Å². The van der Waals surface area contributed by atoms with E-state index >= 15 is 0 Å². The molecule has 2 aliphatic heterocycles. The number of benzene rings is 3. The van der Waals surface area contributed by atoms with E-state index in [0.29, 0.717) is 19.6 Å². The molecule has 2 heterocycles. The SMILES string of the molecule is CNCc1ccc(CCOC(=O)[C@@H]2NC[C@@H]3CC[C@H]2N3C(=O)C(c2ccccc2)c2ccccc2)cc1. The first-order valence-corrected chi connectivity index (χ1v) is 13.2. The van der Waals surface area contributed by atoms with E-state index in [9.17, 15) is 9.59 Å². The number of amides is 1. The number of rotatable bonds is 9. The Kier molecular flexibility index (Phi) is 7.97. The van der Waals surface area contributed by atoms with Crippen LogP contribution in [0.4, 0.5) is 0 Å². The van der Waals surface area contributed by atoms with Crippen LogP contribution < -0.4 is 10.6 Å². The zero-order chi connectivity index (χ0) is 25.6. The first kappa shape index (κ1) is 25.2. The van der Waals surface area contributed by atoms with Crippen LogP contribution in [0, 0.1) is 0 Å². The van der Waals surface area contributed by atoms with E-state index in [-0.39, 0.29) is 24.0 Å². The third-order valence-corrected chi connectivity index (χ3v) is 7.56. The van der Waals surface area contributed by atoms with Gasteiger partial charge in [0.05, 0.1) is 18.6 Å². The predicted molar refractivity (Wildman–Crippen MR) is 144 cm³/mol. The lowest BCUT2D eigenvalue weighted by molar-refractivity contribution is -0.151. The van der Waals surface area contributed by atoms with Gasteiger partial charge in [-0.2, -0.15) is 0 Å². The number of nitrogens with one attached hydrogen (secondary N) is 2. The molecule has 0 saturated carbocycles. The van der Waals surface area contributed by atoms with Crippen molar-refractivity contribution >= 4 is 11.9 Å². The molecule has 0 spiro atoms. The summed E-state index contributed by atoms with van der Waals surface area (Å²) in [5.74, 6) is -0.608. The largest absolute Gasteiger partial charge is 0.464 e. The van der Waals surface area contributed by atoms with Crippen molar-refractivity contribution in [2.45, 2.75) is 49.9 Å². The van der Waals surface area contributed by atoms with E-state index in [1.54, 1.807) is 0 Å². The van der Waals surface area contributed by atoms with E-state index in [1.807, 2.05) is 72.6 Å². The molecule has 6 nitrogen and oxygen atoms in total. The summed E-state index contributed by atoms with van der Waals surface area (Å²) in [6, 6.07) is 27.6. The molecule has 1 amide bonds. The molecule has 2 bridgehead atoms. The minimum Gasteiger partial charge on any atom is -0.464 e. The van der Waals surface area contributed by atoms with E-state index in [4.69, 9.17) is 4.74 Å². The molecular weight excluding hydrogens is 462 g/mol. The molecule has 2 fully saturated rings. The zero-order valence-corrected chi connectivity index (χ0v) is 21.3. The molecule has 5 rings (SSSR count). The molecule has 2 aliphatic rings. The van der Waals surface area contributed by atoms with Gasteiger partial charge in [-0.3, -0.25) is 9.59 Å². The van der Waals surface area contributed by atoms with Gasteiger partial charge in [0.1, 0.15) is 6.04 Å². The molecule has 6 heteroatoms. The van der Waals surface area contributed by atoms with Gasteiger partial charge >= 0.3 is 5.97 Å². The number of hydrogen-bond acceptors (Lipinski definition) is 5. The summed E-state index contributed by atoms with van der Waals surface area (Å²) in [6.07, 6.45) is 2.35. The van der Waals surface area contributed by atoms with Crippen molar-refractivity contribution in [3.8, 4) is 0 Å². The monoisotopic (exact) mass is 497 g/mol. The van der Waals surface area contributed by atoms with Gasteiger partial charge in [-0.1, -0.05) is 84.9 Å². The molecule has 2 saturated heterocycles. The van der Waals surface area contributed by atoms with Crippen molar-refractivity contribution < 1.29 is 14.3 Å². The predicted octanol–water partition coefficient (Wildman–Crippen LogP) is 3.66. The number of piperazine rings is 1. The number of carbonyl (C=O) groups is 2. The maximum absolute atomic E-state index is 14.1. The summed E-state index contributed by atoms with van der Waals surface area (Å²) >= 11 is 0. The maximum atomic E-state index is 14.1. The quantitative estimate of drug-likeness (QED) is 0.442. The first-order valence-electron chi connectivity index (χ1n) is 13.2. The number of hydrogen-bond donors (Lipinski definition) is 2. The lowest BCUT2D eigenvalue weighted by Gasteiger charge is -2.41. The van der Waals surface area contributed by atoms with Gasteiger partial charge in [-0.15, -0.1) is 0 Å². The minimum atomic E-state index is -0.507. The van der Waals surface area contributed by atoms with Crippen LogP contribution in [-0.2, 0) is 27.3 Å². The second kappa shape index (κ2) is 11.7. The summed E-state index contributed by atoms with van der Waals surface area (Å²) < 4.78 is 5.72. The maximum Gasteiger partial charge on any atom is 0.325 e. The van der Waals surface area contributed by atoms with Gasteiger partial charge in [0.2, 0.25) is 5.91 Å².